The molecule has 2 atom stereocenters. The van der Waals surface area contributed by atoms with E-state index in [1.807, 2.05) is 30.3 Å². The lowest BCUT2D eigenvalue weighted by Crippen LogP contribution is -2.15. The average Bonchev–Trinajstić information content (AvgIpc) is 2.67. The van der Waals surface area contributed by atoms with E-state index in [1.165, 1.54) is 6.42 Å². The summed E-state index contributed by atoms with van der Waals surface area (Å²) in [5.74, 6) is 0.967. The fourth-order valence-corrected chi connectivity index (χ4v) is 2.99. The Kier molecular flexibility index (Phi) is 2.78. The summed E-state index contributed by atoms with van der Waals surface area (Å²) in [6, 6.07) is 0.391. The Morgan fingerprint density at radius 2 is 2.21 bits per heavy atom. The molecule has 1 heterocycles. The predicted octanol–water partition coefficient (Wildman–Crippen LogP) is 1.10. The molecule has 2 rings (SSSR count). The lowest BCUT2D eigenvalue weighted by atomic mass is 10.3. The van der Waals surface area contributed by atoms with Crippen molar-refractivity contribution >= 4 is 11.8 Å². The highest BCUT2D eigenvalue weighted by Gasteiger charge is 2.24. The van der Waals surface area contributed by atoms with Crippen LogP contribution in [-0.2, 0) is 7.05 Å². The molecule has 1 saturated carbocycles. The minimum absolute atomic E-state index is 0.391. The van der Waals surface area contributed by atoms with Gasteiger partial charge in [0, 0.05) is 18.3 Å². The van der Waals surface area contributed by atoms with E-state index >= 15 is 0 Å². The van der Waals surface area contributed by atoms with Crippen LogP contribution in [0.5, 0.6) is 0 Å². The van der Waals surface area contributed by atoms with Crippen molar-refractivity contribution in [2.45, 2.75) is 42.6 Å². The molecule has 0 aliphatic heterocycles. The Morgan fingerprint density at radius 1 is 1.43 bits per heavy atom. The van der Waals surface area contributed by atoms with Crippen molar-refractivity contribution in [2.24, 2.45) is 12.8 Å². The third-order valence-electron chi connectivity index (χ3n) is 2.75. The molecule has 5 heteroatoms. The summed E-state index contributed by atoms with van der Waals surface area (Å²) in [5, 5.41) is 9.82. The van der Waals surface area contributed by atoms with E-state index in [9.17, 15) is 0 Å². The highest BCUT2D eigenvalue weighted by molar-refractivity contribution is 7.99. The van der Waals surface area contributed by atoms with Gasteiger partial charge in [0.2, 0.25) is 0 Å². The van der Waals surface area contributed by atoms with Crippen LogP contribution < -0.4 is 5.73 Å². The van der Waals surface area contributed by atoms with Crippen LogP contribution in [0.4, 0.5) is 0 Å². The fraction of sp³-hybridized carbons (Fsp3) is 0.778. The monoisotopic (exact) mass is 212 g/mol. The number of hydrogen-bond donors (Lipinski definition) is 1. The number of nitrogens with two attached hydrogens (primary N) is 1. The lowest BCUT2D eigenvalue weighted by Gasteiger charge is -2.07. The van der Waals surface area contributed by atoms with E-state index in [2.05, 4.69) is 10.2 Å². The lowest BCUT2D eigenvalue weighted by molar-refractivity contribution is 0.704. The SMILES string of the molecule is Cc1nnc(SC2CCC(N)C2)n1C. The van der Waals surface area contributed by atoms with Crippen molar-refractivity contribution in [2.75, 3.05) is 0 Å². The normalized spacial score (nSPS) is 27.1. The first kappa shape index (κ1) is 9.98. The van der Waals surface area contributed by atoms with Gasteiger partial charge in [0.05, 0.1) is 0 Å². The Hall–Kier alpha value is -0.550. The maximum Gasteiger partial charge on any atom is 0.191 e. The molecule has 0 amide bonds. The fourth-order valence-electron chi connectivity index (χ4n) is 1.72. The molecule has 1 fully saturated rings. The molecule has 1 aliphatic rings. The zero-order valence-corrected chi connectivity index (χ0v) is 9.42. The third kappa shape index (κ3) is 1.93. The van der Waals surface area contributed by atoms with E-state index in [-0.39, 0.29) is 0 Å². The van der Waals surface area contributed by atoms with Gasteiger partial charge in [-0.2, -0.15) is 0 Å². The summed E-state index contributed by atoms with van der Waals surface area (Å²) in [5.41, 5.74) is 5.87. The van der Waals surface area contributed by atoms with Crippen LogP contribution in [0.2, 0.25) is 0 Å². The topological polar surface area (TPSA) is 56.7 Å². The van der Waals surface area contributed by atoms with Crippen LogP contribution in [0.1, 0.15) is 25.1 Å². The maximum atomic E-state index is 5.87. The third-order valence-corrected chi connectivity index (χ3v) is 4.08. The van der Waals surface area contributed by atoms with Gasteiger partial charge < -0.3 is 10.3 Å². The van der Waals surface area contributed by atoms with Crippen LogP contribution >= 0.6 is 11.8 Å². The summed E-state index contributed by atoms with van der Waals surface area (Å²) in [4.78, 5) is 0. The molecule has 1 aromatic rings. The van der Waals surface area contributed by atoms with E-state index in [0.29, 0.717) is 11.3 Å². The van der Waals surface area contributed by atoms with Gasteiger partial charge in [-0.3, -0.25) is 0 Å². The zero-order chi connectivity index (χ0) is 10.1. The molecule has 0 radical (unpaired) electrons. The van der Waals surface area contributed by atoms with Crippen molar-refractivity contribution < 1.29 is 0 Å². The van der Waals surface area contributed by atoms with Crippen LogP contribution in [0, 0.1) is 6.92 Å². The van der Waals surface area contributed by atoms with Gasteiger partial charge in [0.1, 0.15) is 5.82 Å². The minimum atomic E-state index is 0.391. The van der Waals surface area contributed by atoms with Crippen LogP contribution in [0.25, 0.3) is 0 Å². The number of hydrogen-bond acceptors (Lipinski definition) is 4. The number of thioether (sulfide) groups is 1. The summed E-state index contributed by atoms with van der Waals surface area (Å²) < 4.78 is 2.04. The molecule has 78 valence electrons. The molecule has 0 saturated heterocycles. The van der Waals surface area contributed by atoms with Gasteiger partial charge in [-0.05, 0) is 26.2 Å². The Balaban J connectivity index is 2.01. The quantitative estimate of drug-likeness (QED) is 0.797. The number of aromatic nitrogens is 3. The molecule has 4 nitrogen and oxygen atoms in total. The smallest absolute Gasteiger partial charge is 0.191 e. The first-order valence-corrected chi connectivity index (χ1v) is 5.83. The largest absolute Gasteiger partial charge is 0.328 e. The van der Waals surface area contributed by atoms with Gasteiger partial charge in [0.25, 0.3) is 0 Å². The molecule has 2 N–H and O–H groups in total. The number of aryl methyl sites for hydroxylation is 1. The molecule has 1 aromatic heterocycles. The van der Waals surface area contributed by atoms with Gasteiger partial charge in [0.15, 0.2) is 5.16 Å². The van der Waals surface area contributed by atoms with Gasteiger partial charge in [-0.1, -0.05) is 11.8 Å². The van der Waals surface area contributed by atoms with E-state index in [1.54, 1.807) is 0 Å². The summed E-state index contributed by atoms with van der Waals surface area (Å²) in [6.07, 6.45) is 3.46. The predicted molar refractivity (Wildman–Crippen MR) is 57.2 cm³/mol. The molecule has 2 unspecified atom stereocenters. The standard InChI is InChI=1S/C9H16N4S/c1-6-11-12-9(13(6)2)14-8-4-3-7(10)5-8/h7-8H,3-5,10H2,1-2H3. The van der Waals surface area contributed by atoms with Crippen molar-refractivity contribution in [3.63, 3.8) is 0 Å². The van der Waals surface area contributed by atoms with Gasteiger partial charge in [-0.25, -0.2) is 0 Å². The Bertz CT molecular complexity index is 323. The zero-order valence-electron chi connectivity index (χ0n) is 8.60. The number of rotatable bonds is 2. The number of nitrogens with zero attached hydrogens (tertiary/aromatic N) is 3. The first-order valence-electron chi connectivity index (χ1n) is 4.95. The Morgan fingerprint density at radius 3 is 2.71 bits per heavy atom. The van der Waals surface area contributed by atoms with Crippen molar-refractivity contribution in [3.05, 3.63) is 5.82 Å². The van der Waals surface area contributed by atoms with Crippen molar-refractivity contribution in [1.29, 1.82) is 0 Å². The summed E-state index contributed by atoms with van der Waals surface area (Å²) >= 11 is 1.81. The van der Waals surface area contributed by atoms with Crippen LogP contribution in [0.3, 0.4) is 0 Å². The highest BCUT2D eigenvalue weighted by atomic mass is 32.2. The minimum Gasteiger partial charge on any atom is -0.328 e. The molecular formula is C9H16N4S. The van der Waals surface area contributed by atoms with Gasteiger partial charge >= 0.3 is 0 Å². The van der Waals surface area contributed by atoms with E-state index < -0.39 is 0 Å². The molecule has 1 aliphatic carbocycles. The van der Waals surface area contributed by atoms with Crippen molar-refractivity contribution in [3.8, 4) is 0 Å². The summed E-state index contributed by atoms with van der Waals surface area (Å²) in [7, 11) is 2.01. The van der Waals surface area contributed by atoms with Gasteiger partial charge in [-0.15, -0.1) is 10.2 Å². The van der Waals surface area contributed by atoms with E-state index in [0.717, 1.165) is 23.8 Å². The molecule has 0 spiro atoms. The Labute approximate surface area is 88.3 Å². The van der Waals surface area contributed by atoms with Crippen LogP contribution in [0.15, 0.2) is 5.16 Å². The second kappa shape index (κ2) is 3.90. The molecule has 0 bridgehead atoms. The van der Waals surface area contributed by atoms with Crippen molar-refractivity contribution in [1.82, 2.24) is 14.8 Å². The molecule has 0 aromatic carbocycles. The van der Waals surface area contributed by atoms with E-state index in [4.69, 9.17) is 5.73 Å². The van der Waals surface area contributed by atoms with Crippen LogP contribution in [-0.4, -0.2) is 26.1 Å². The first-order chi connectivity index (χ1) is 6.66. The second-order valence-corrected chi connectivity index (χ2v) is 5.17. The summed E-state index contributed by atoms with van der Waals surface area (Å²) in [6.45, 7) is 1.97. The highest BCUT2D eigenvalue weighted by Crippen LogP contribution is 2.33. The average molecular weight is 212 g/mol. The molecule has 14 heavy (non-hydrogen) atoms. The maximum absolute atomic E-state index is 5.87. The second-order valence-electron chi connectivity index (χ2n) is 3.90. The molecular weight excluding hydrogens is 196 g/mol.